The van der Waals surface area contributed by atoms with Gasteiger partial charge in [-0.15, -0.1) is 0 Å². The Morgan fingerprint density at radius 1 is 1.38 bits per heavy atom. The predicted molar refractivity (Wildman–Crippen MR) is 77.0 cm³/mol. The summed E-state index contributed by atoms with van der Waals surface area (Å²) in [6.07, 6.45) is 4.44. The van der Waals surface area contributed by atoms with E-state index in [9.17, 15) is 4.79 Å². The Bertz CT molecular complexity index is 887. The first-order valence-corrected chi connectivity index (χ1v) is 6.68. The predicted octanol–water partition coefficient (Wildman–Crippen LogP) is 0.517. The highest BCUT2D eigenvalue weighted by Gasteiger charge is 2.25. The Kier molecular flexibility index (Phi) is 2.40. The third-order valence-electron chi connectivity index (χ3n) is 3.83. The second kappa shape index (κ2) is 4.16. The maximum absolute atomic E-state index is 11.9. The number of nitrogens with two attached hydrogens (primary N) is 1. The van der Waals surface area contributed by atoms with Crippen molar-refractivity contribution in [3.05, 3.63) is 52.5 Å². The van der Waals surface area contributed by atoms with Crippen LogP contribution in [-0.4, -0.2) is 24.5 Å². The molecule has 7 heteroatoms. The number of rotatable bonds is 1. The molecule has 1 aliphatic heterocycles. The molecule has 0 saturated heterocycles. The van der Waals surface area contributed by atoms with Crippen molar-refractivity contribution in [2.24, 2.45) is 12.8 Å². The highest BCUT2D eigenvalue weighted by molar-refractivity contribution is 5.66. The first kappa shape index (κ1) is 12.1. The van der Waals surface area contributed by atoms with Crippen molar-refractivity contribution < 1.29 is 0 Å². The van der Waals surface area contributed by atoms with Crippen LogP contribution in [0.3, 0.4) is 0 Å². The number of nitrogens with one attached hydrogen (secondary N) is 1. The molecule has 3 aromatic rings. The maximum atomic E-state index is 11.9. The largest absolute Gasteiger partial charge is 0.347 e. The molecule has 0 radical (unpaired) electrons. The standard InChI is InChI=1S/C14H14N6O/c1-19-7-10(6-16-19)8-2-3-12-9(4-8)5-11(15)13-17-18-14(21)20(12)13/h2-4,6-7,11H,5,15H2,1H3,(H,18,21). The van der Waals surface area contributed by atoms with Crippen LogP contribution in [0.5, 0.6) is 0 Å². The van der Waals surface area contributed by atoms with Crippen molar-refractivity contribution in [3.63, 3.8) is 0 Å². The van der Waals surface area contributed by atoms with E-state index in [1.54, 1.807) is 9.25 Å². The van der Waals surface area contributed by atoms with Gasteiger partial charge in [-0.2, -0.15) is 10.2 Å². The van der Waals surface area contributed by atoms with E-state index in [4.69, 9.17) is 5.73 Å². The summed E-state index contributed by atoms with van der Waals surface area (Å²) < 4.78 is 3.32. The Morgan fingerprint density at radius 3 is 3.00 bits per heavy atom. The Morgan fingerprint density at radius 2 is 2.24 bits per heavy atom. The van der Waals surface area contributed by atoms with E-state index in [2.05, 4.69) is 21.4 Å². The summed E-state index contributed by atoms with van der Waals surface area (Å²) in [5.74, 6) is 0.585. The van der Waals surface area contributed by atoms with Crippen LogP contribution in [0.4, 0.5) is 0 Å². The zero-order valence-electron chi connectivity index (χ0n) is 11.4. The summed E-state index contributed by atoms with van der Waals surface area (Å²) in [6, 6.07) is 5.70. The van der Waals surface area contributed by atoms with Gasteiger partial charge in [0, 0.05) is 18.8 Å². The summed E-state index contributed by atoms with van der Waals surface area (Å²) in [5, 5.41) is 10.7. The first-order valence-electron chi connectivity index (χ1n) is 6.68. The minimum Gasteiger partial charge on any atom is -0.321 e. The number of aromatic nitrogens is 5. The summed E-state index contributed by atoms with van der Waals surface area (Å²) in [5.41, 5.74) is 9.85. The average molecular weight is 282 g/mol. The molecule has 2 aromatic heterocycles. The molecule has 4 rings (SSSR count). The Hall–Kier alpha value is -2.67. The molecule has 0 bridgehead atoms. The van der Waals surface area contributed by atoms with E-state index < -0.39 is 0 Å². The SMILES string of the molecule is Cn1cc(-c2ccc3c(c2)CC(N)c2n[nH]c(=O)n2-3)cn1. The maximum Gasteiger partial charge on any atom is 0.347 e. The fourth-order valence-corrected chi connectivity index (χ4v) is 2.84. The van der Waals surface area contributed by atoms with Crippen molar-refractivity contribution >= 4 is 0 Å². The van der Waals surface area contributed by atoms with E-state index in [-0.39, 0.29) is 11.7 Å². The molecule has 0 spiro atoms. The molecule has 3 heterocycles. The molecular weight excluding hydrogens is 268 g/mol. The first-order chi connectivity index (χ1) is 10.1. The van der Waals surface area contributed by atoms with Crippen LogP contribution in [0.1, 0.15) is 17.4 Å². The molecule has 1 atom stereocenters. The number of nitrogens with zero attached hydrogens (tertiary/aromatic N) is 4. The van der Waals surface area contributed by atoms with Crippen LogP contribution in [-0.2, 0) is 13.5 Å². The van der Waals surface area contributed by atoms with Crippen molar-refractivity contribution in [1.82, 2.24) is 24.5 Å². The van der Waals surface area contributed by atoms with Crippen molar-refractivity contribution in [3.8, 4) is 16.8 Å². The van der Waals surface area contributed by atoms with Gasteiger partial charge in [-0.25, -0.2) is 14.5 Å². The minimum atomic E-state index is -0.277. The van der Waals surface area contributed by atoms with Crippen LogP contribution in [0.25, 0.3) is 16.8 Å². The number of hydrogen-bond donors (Lipinski definition) is 2. The third-order valence-corrected chi connectivity index (χ3v) is 3.83. The van der Waals surface area contributed by atoms with Gasteiger partial charge in [0.15, 0.2) is 5.82 Å². The van der Waals surface area contributed by atoms with Crippen LogP contribution < -0.4 is 11.4 Å². The smallest absolute Gasteiger partial charge is 0.321 e. The van der Waals surface area contributed by atoms with Gasteiger partial charge in [0.05, 0.1) is 17.9 Å². The lowest BCUT2D eigenvalue weighted by molar-refractivity contribution is 0.619. The lowest BCUT2D eigenvalue weighted by Crippen LogP contribution is -2.28. The zero-order valence-corrected chi connectivity index (χ0v) is 11.4. The van der Waals surface area contributed by atoms with E-state index in [0.29, 0.717) is 12.2 Å². The van der Waals surface area contributed by atoms with Crippen molar-refractivity contribution in [1.29, 1.82) is 0 Å². The Balaban J connectivity index is 1.90. The van der Waals surface area contributed by atoms with Crippen molar-refractivity contribution in [2.75, 3.05) is 0 Å². The van der Waals surface area contributed by atoms with Crippen molar-refractivity contribution in [2.45, 2.75) is 12.5 Å². The van der Waals surface area contributed by atoms with E-state index in [1.165, 1.54) is 0 Å². The number of aryl methyl sites for hydroxylation is 1. The number of fused-ring (bicyclic) bond motifs is 3. The minimum absolute atomic E-state index is 0.254. The summed E-state index contributed by atoms with van der Waals surface area (Å²) in [4.78, 5) is 11.9. The van der Waals surface area contributed by atoms with Gasteiger partial charge in [-0.05, 0) is 29.7 Å². The highest BCUT2D eigenvalue weighted by atomic mass is 16.1. The van der Waals surface area contributed by atoms with Crippen LogP contribution in [0.2, 0.25) is 0 Å². The van der Waals surface area contributed by atoms with Crippen LogP contribution in [0.15, 0.2) is 35.4 Å². The molecule has 0 fully saturated rings. The lowest BCUT2D eigenvalue weighted by atomic mass is 9.96. The van der Waals surface area contributed by atoms with Gasteiger partial charge in [0.2, 0.25) is 0 Å². The Labute approximate surface area is 120 Å². The van der Waals surface area contributed by atoms with E-state index in [0.717, 1.165) is 22.4 Å². The molecule has 1 aromatic carbocycles. The molecule has 21 heavy (non-hydrogen) atoms. The second-order valence-corrected chi connectivity index (χ2v) is 5.28. The molecule has 0 aliphatic carbocycles. The quantitative estimate of drug-likeness (QED) is 0.680. The molecule has 0 saturated carbocycles. The number of H-pyrrole nitrogens is 1. The molecule has 1 aliphatic rings. The van der Waals surface area contributed by atoms with Gasteiger partial charge >= 0.3 is 5.69 Å². The average Bonchev–Trinajstić information content (AvgIpc) is 3.06. The summed E-state index contributed by atoms with van der Waals surface area (Å²) >= 11 is 0. The zero-order chi connectivity index (χ0) is 14.6. The van der Waals surface area contributed by atoms with Crippen LogP contribution in [0, 0.1) is 0 Å². The van der Waals surface area contributed by atoms with Gasteiger partial charge in [-0.3, -0.25) is 4.68 Å². The normalized spacial score (nSPS) is 16.6. The lowest BCUT2D eigenvalue weighted by Gasteiger charge is -2.22. The van der Waals surface area contributed by atoms with E-state index >= 15 is 0 Å². The topological polar surface area (TPSA) is 94.5 Å². The fourth-order valence-electron chi connectivity index (χ4n) is 2.84. The summed E-state index contributed by atoms with van der Waals surface area (Å²) in [6.45, 7) is 0. The van der Waals surface area contributed by atoms with Gasteiger partial charge in [0.1, 0.15) is 0 Å². The molecular formula is C14H14N6O. The fraction of sp³-hybridized carbons (Fsp3) is 0.214. The second-order valence-electron chi connectivity index (χ2n) is 5.28. The van der Waals surface area contributed by atoms with E-state index in [1.807, 2.05) is 31.6 Å². The van der Waals surface area contributed by atoms with Gasteiger partial charge in [-0.1, -0.05) is 6.07 Å². The monoisotopic (exact) mass is 282 g/mol. The van der Waals surface area contributed by atoms with Gasteiger partial charge < -0.3 is 5.73 Å². The number of hydrogen-bond acceptors (Lipinski definition) is 4. The van der Waals surface area contributed by atoms with Crippen LogP contribution >= 0.6 is 0 Å². The molecule has 106 valence electrons. The molecule has 1 unspecified atom stereocenters. The number of benzene rings is 1. The molecule has 7 nitrogen and oxygen atoms in total. The third kappa shape index (κ3) is 1.74. The molecule has 0 amide bonds. The summed E-state index contributed by atoms with van der Waals surface area (Å²) in [7, 11) is 1.88. The molecule has 3 N–H and O–H groups in total. The van der Waals surface area contributed by atoms with Gasteiger partial charge in [0.25, 0.3) is 0 Å². The highest BCUT2D eigenvalue weighted by Crippen LogP contribution is 2.30. The number of aromatic amines is 1.